The number of carbonyl (C=O) groups excluding carboxylic acids is 1. The van der Waals surface area contributed by atoms with Crippen LogP contribution in [-0.2, 0) is 0 Å². The molecule has 2 rings (SSSR count). The highest BCUT2D eigenvalue weighted by molar-refractivity contribution is 9.10. The van der Waals surface area contributed by atoms with Crippen molar-refractivity contribution < 1.29 is 13.9 Å². The van der Waals surface area contributed by atoms with E-state index in [2.05, 4.69) is 15.9 Å². The van der Waals surface area contributed by atoms with Crippen LogP contribution in [0.25, 0.3) is 0 Å². The number of benzene rings is 2. The molecule has 0 saturated carbocycles. The van der Waals surface area contributed by atoms with Gasteiger partial charge in [-0.15, -0.1) is 0 Å². The number of hydrogen-bond acceptors (Lipinski definition) is 2. The summed E-state index contributed by atoms with van der Waals surface area (Å²) in [4.78, 5) is 10.5. The normalized spacial score (nSPS) is 10.2. The van der Waals surface area contributed by atoms with E-state index in [4.69, 9.17) is 4.74 Å². The van der Waals surface area contributed by atoms with Crippen LogP contribution in [0.1, 0.15) is 15.9 Å². The van der Waals surface area contributed by atoms with Gasteiger partial charge < -0.3 is 4.74 Å². The largest absolute Gasteiger partial charge is 0.454 e. The van der Waals surface area contributed by atoms with E-state index in [9.17, 15) is 9.18 Å². The third-order valence-electron chi connectivity index (χ3n) is 2.45. The van der Waals surface area contributed by atoms with Crippen LogP contribution < -0.4 is 4.74 Å². The molecule has 2 nitrogen and oxygen atoms in total. The second-order valence-electron chi connectivity index (χ2n) is 3.82. The molecule has 0 atom stereocenters. The minimum Gasteiger partial charge on any atom is -0.454 e. The number of hydrogen-bond donors (Lipinski definition) is 0. The lowest BCUT2D eigenvalue weighted by molar-refractivity contribution is 0.112. The van der Waals surface area contributed by atoms with E-state index in [0.717, 1.165) is 16.1 Å². The van der Waals surface area contributed by atoms with E-state index in [1.54, 1.807) is 6.07 Å². The summed E-state index contributed by atoms with van der Waals surface area (Å²) in [6.45, 7) is 1.87. The SMILES string of the molecule is Cc1cc(Br)ccc1Oc1ccc(C=O)cc1F. The van der Waals surface area contributed by atoms with Crippen molar-refractivity contribution in [3.8, 4) is 11.5 Å². The molecule has 0 radical (unpaired) electrons. The number of ether oxygens (including phenoxy) is 1. The van der Waals surface area contributed by atoms with Crippen molar-refractivity contribution in [1.29, 1.82) is 0 Å². The van der Waals surface area contributed by atoms with Crippen LogP contribution in [0.15, 0.2) is 40.9 Å². The van der Waals surface area contributed by atoms with Crippen molar-refractivity contribution in [3.63, 3.8) is 0 Å². The Hall–Kier alpha value is -1.68. The van der Waals surface area contributed by atoms with Gasteiger partial charge in [0.25, 0.3) is 0 Å². The zero-order valence-electron chi connectivity index (χ0n) is 9.61. The topological polar surface area (TPSA) is 26.3 Å². The van der Waals surface area contributed by atoms with Gasteiger partial charge in [-0.05, 0) is 48.9 Å². The van der Waals surface area contributed by atoms with Crippen molar-refractivity contribution in [2.75, 3.05) is 0 Å². The zero-order valence-corrected chi connectivity index (χ0v) is 11.2. The minimum atomic E-state index is -0.554. The van der Waals surface area contributed by atoms with E-state index in [1.165, 1.54) is 12.1 Å². The van der Waals surface area contributed by atoms with Crippen LogP contribution in [0, 0.1) is 12.7 Å². The quantitative estimate of drug-likeness (QED) is 0.780. The zero-order chi connectivity index (χ0) is 13.1. The smallest absolute Gasteiger partial charge is 0.166 e. The summed E-state index contributed by atoms with van der Waals surface area (Å²) in [5.74, 6) is 0.129. The Bertz CT molecular complexity index is 596. The van der Waals surface area contributed by atoms with Crippen LogP contribution >= 0.6 is 15.9 Å². The molecule has 0 aliphatic carbocycles. The van der Waals surface area contributed by atoms with Gasteiger partial charge in [0.15, 0.2) is 11.6 Å². The summed E-state index contributed by atoms with van der Waals surface area (Å²) in [7, 11) is 0. The lowest BCUT2D eigenvalue weighted by atomic mass is 10.2. The standard InChI is InChI=1S/C14H10BrFO2/c1-9-6-11(15)3-5-13(9)18-14-4-2-10(8-17)7-12(14)16/h2-8H,1H3. The average Bonchev–Trinajstić information content (AvgIpc) is 2.34. The molecule has 0 aliphatic rings. The van der Waals surface area contributed by atoms with Crippen molar-refractivity contribution in [2.24, 2.45) is 0 Å². The van der Waals surface area contributed by atoms with Crippen LogP contribution in [0.4, 0.5) is 4.39 Å². The fourth-order valence-corrected chi connectivity index (χ4v) is 1.99. The first-order valence-corrected chi connectivity index (χ1v) is 6.08. The van der Waals surface area contributed by atoms with E-state index < -0.39 is 5.82 Å². The van der Waals surface area contributed by atoms with Crippen LogP contribution in [0.5, 0.6) is 11.5 Å². The Morgan fingerprint density at radius 3 is 2.50 bits per heavy atom. The maximum Gasteiger partial charge on any atom is 0.166 e. The Balaban J connectivity index is 2.31. The molecule has 0 unspecified atom stereocenters. The van der Waals surface area contributed by atoms with Crippen LogP contribution in [0.2, 0.25) is 0 Å². The van der Waals surface area contributed by atoms with E-state index in [1.807, 2.05) is 19.1 Å². The highest BCUT2D eigenvalue weighted by Gasteiger charge is 2.07. The average molecular weight is 309 g/mol. The van der Waals surface area contributed by atoms with Crippen molar-refractivity contribution >= 4 is 22.2 Å². The Kier molecular flexibility index (Phi) is 3.77. The highest BCUT2D eigenvalue weighted by Crippen LogP contribution is 2.29. The Morgan fingerprint density at radius 2 is 1.89 bits per heavy atom. The van der Waals surface area contributed by atoms with Gasteiger partial charge in [0.2, 0.25) is 0 Å². The predicted molar refractivity (Wildman–Crippen MR) is 70.7 cm³/mol. The van der Waals surface area contributed by atoms with Gasteiger partial charge in [-0.3, -0.25) is 4.79 Å². The lowest BCUT2D eigenvalue weighted by Crippen LogP contribution is -1.92. The molecule has 0 fully saturated rings. The van der Waals surface area contributed by atoms with Gasteiger partial charge in [-0.1, -0.05) is 15.9 Å². The summed E-state index contributed by atoms with van der Waals surface area (Å²) in [5, 5.41) is 0. The maximum atomic E-state index is 13.6. The summed E-state index contributed by atoms with van der Waals surface area (Å²) in [6, 6.07) is 9.57. The van der Waals surface area contributed by atoms with Crippen molar-refractivity contribution in [3.05, 3.63) is 57.8 Å². The molecular formula is C14H10BrFO2. The molecule has 0 aromatic heterocycles. The maximum absolute atomic E-state index is 13.6. The second kappa shape index (κ2) is 5.31. The number of aryl methyl sites for hydroxylation is 1. The first-order valence-electron chi connectivity index (χ1n) is 5.29. The fraction of sp³-hybridized carbons (Fsp3) is 0.0714. The van der Waals surface area contributed by atoms with Gasteiger partial charge in [0.05, 0.1) is 0 Å². The Morgan fingerprint density at radius 1 is 1.17 bits per heavy atom. The summed E-state index contributed by atoms with van der Waals surface area (Å²) in [5.41, 5.74) is 1.18. The second-order valence-corrected chi connectivity index (χ2v) is 4.74. The minimum absolute atomic E-state index is 0.103. The number of carbonyl (C=O) groups is 1. The van der Waals surface area contributed by atoms with Gasteiger partial charge in [0.1, 0.15) is 12.0 Å². The molecule has 0 N–H and O–H groups in total. The molecule has 92 valence electrons. The molecule has 2 aromatic carbocycles. The third kappa shape index (κ3) is 2.76. The molecule has 0 spiro atoms. The lowest BCUT2D eigenvalue weighted by Gasteiger charge is -2.09. The molecule has 0 aliphatic heterocycles. The molecule has 2 aromatic rings. The van der Waals surface area contributed by atoms with Crippen molar-refractivity contribution in [1.82, 2.24) is 0 Å². The molecule has 4 heteroatoms. The van der Waals surface area contributed by atoms with Crippen LogP contribution in [-0.4, -0.2) is 6.29 Å². The molecule has 18 heavy (non-hydrogen) atoms. The van der Waals surface area contributed by atoms with Crippen LogP contribution in [0.3, 0.4) is 0 Å². The number of aldehydes is 1. The first-order chi connectivity index (χ1) is 8.60. The summed E-state index contributed by atoms with van der Waals surface area (Å²) < 4.78 is 20.1. The molecule has 0 heterocycles. The van der Waals surface area contributed by atoms with Gasteiger partial charge in [-0.2, -0.15) is 0 Å². The van der Waals surface area contributed by atoms with E-state index in [0.29, 0.717) is 12.0 Å². The first kappa shape index (κ1) is 12.8. The van der Waals surface area contributed by atoms with E-state index in [-0.39, 0.29) is 11.3 Å². The molecular weight excluding hydrogens is 299 g/mol. The molecule has 0 amide bonds. The van der Waals surface area contributed by atoms with E-state index >= 15 is 0 Å². The monoisotopic (exact) mass is 308 g/mol. The van der Waals surface area contributed by atoms with Crippen molar-refractivity contribution in [2.45, 2.75) is 6.92 Å². The predicted octanol–water partition coefficient (Wildman–Crippen LogP) is 4.50. The van der Waals surface area contributed by atoms with Gasteiger partial charge in [-0.25, -0.2) is 4.39 Å². The summed E-state index contributed by atoms with van der Waals surface area (Å²) >= 11 is 3.35. The molecule has 0 bridgehead atoms. The molecule has 0 saturated heterocycles. The van der Waals surface area contributed by atoms with Gasteiger partial charge in [0, 0.05) is 10.0 Å². The third-order valence-corrected chi connectivity index (χ3v) is 2.94. The number of rotatable bonds is 3. The Labute approximate surface area is 113 Å². The summed E-state index contributed by atoms with van der Waals surface area (Å²) in [6.07, 6.45) is 0.595. The highest BCUT2D eigenvalue weighted by atomic mass is 79.9. The fourth-order valence-electron chi connectivity index (χ4n) is 1.52. The van der Waals surface area contributed by atoms with Gasteiger partial charge >= 0.3 is 0 Å². The number of halogens is 2.